The van der Waals surface area contributed by atoms with E-state index >= 15 is 0 Å². The number of hydrogen-bond donors (Lipinski definition) is 0. The van der Waals surface area contributed by atoms with Crippen LogP contribution in [-0.4, -0.2) is 27.1 Å². The van der Waals surface area contributed by atoms with Crippen LogP contribution in [0, 0.1) is 5.92 Å². The molecule has 3 heterocycles. The number of likely N-dealkylation sites (tertiary alicyclic amines) is 1. The Morgan fingerprint density at radius 3 is 3.05 bits per heavy atom. The van der Waals surface area contributed by atoms with Crippen LogP contribution < -0.4 is 0 Å². The zero-order chi connectivity index (χ0) is 14.4. The SMILES string of the molecule is Cn1cc([C@@H]2C[C@H]2C(=O)N2CCC[C@@H]2c2ccsc2)cn1. The second-order valence-electron chi connectivity index (χ2n) is 6.14. The number of carbonyl (C=O) groups is 1. The standard InChI is InChI=1S/C16H19N3OS/c1-18-9-12(8-17-18)13-7-14(13)16(20)19-5-2-3-15(19)11-4-6-21-10-11/h4,6,8-10,13-15H,2-3,5,7H2,1H3/t13-,14+,15+/m0/s1. The average Bonchev–Trinajstić information content (AvgIpc) is 2.94. The fraction of sp³-hybridized carbons (Fsp3) is 0.500. The van der Waals surface area contributed by atoms with E-state index in [4.69, 9.17) is 0 Å². The van der Waals surface area contributed by atoms with Gasteiger partial charge < -0.3 is 4.90 Å². The molecule has 1 aliphatic carbocycles. The van der Waals surface area contributed by atoms with Crippen molar-refractivity contribution < 1.29 is 4.79 Å². The molecule has 0 spiro atoms. The van der Waals surface area contributed by atoms with Gasteiger partial charge in [0, 0.05) is 25.7 Å². The van der Waals surface area contributed by atoms with Gasteiger partial charge >= 0.3 is 0 Å². The van der Waals surface area contributed by atoms with Crippen molar-refractivity contribution in [3.05, 3.63) is 40.3 Å². The van der Waals surface area contributed by atoms with Crippen LogP contribution in [0.1, 0.15) is 42.3 Å². The van der Waals surface area contributed by atoms with E-state index in [-0.39, 0.29) is 5.92 Å². The van der Waals surface area contributed by atoms with Crippen molar-refractivity contribution in [1.29, 1.82) is 0 Å². The lowest BCUT2D eigenvalue weighted by Crippen LogP contribution is -2.31. The quantitative estimate of drug-likeness (QED) is 0.874. The Morgan fingerprint density at radius 1 is 1.43 bits per heavy atom. The van der Waals surface area contributed by atoms with E-state index < -0.39 is 0 Å². The summed E-state index contributed by atoms with van der Waals surface area (Å²) in [5.74, 6) is 0.904. The van der Waals surface area contributed by atoms with Crippen LogP contribution in [0.2, 0.25) is 0 Å². The van der Waals surface area contributed by atoms with E-state index in [1.807, 2.05) is 24.1 Å². The zero-order valence-corrected chi connectivity index (χ0v) is 12.9. The molecule has 1 aliphatic heterocycles. The molecule has 1 amide bonds. The van der Waals surface area contributed by atoms with Crippen LogP contribution in [-0.2, 0) is 11.8 Å². The Balaban J connectivity index is 1.48. The number of carbonyl (C=O) groups excluding carboxylic acids is 1. The van der Waals surface area contributed by atoms with Crippen LogP contribution in [0.25, 0.3) is 0 Å². The van der Waals surface area contributed by atoms with Crippen molar-refractivity contribution in [1.82, 2.24) is 14.7 Å². The summed E-state index contributed by atoms with van der Waals surface area (Å²) >= 11 is 1.72. The summed E-state index contributed by atoms with van der Waals surface area (Å²) in [6.07, 6.45) is 7.15. The predicted molar refractivity (Wildman–Crippen MR) is 82.1 cm³/mol. The predicted octanol–water partition coefficient (Wildman–Crippen LogP) is 2.95. The van der Waals surface area contributed by atoms with Gasteiger partial charge in [-0.2, -0.15) is 16.4 Å². The molecule has 4 rings (SSSR count). The second-order valence-corrected chi connectivity index (χ2v) is 6.92. The first kappa shape index (κ1) is 13.1. The Hall–Kier alpha value is -1.62. The summed E-state index contributed by atoms with van der Waals surface area (Å²) in [6.45, 7) is 0.912. The molecule has 4 nitrogen and oxygen atoms in total. The van der Waals surface area contributed by atoms with Gasteiger partial charge in [0.2, 0.25) is 5.91 Å². The lowest BCUT2D eigenvalue weighted by atomic mass is 10.1. The highest BCUT2D eigenvalue weighted by Gasteiger charge is 2.48. The topological polar surface area (TPSA) is 38.1 Å². The Morgan fingerprint density at radius 2 is 2.33 bits per heavy atom. The summed E-state index contributed by atoms with van der Waals surface area (Å²) in [7, 11) is 1.93. The minimum absolute atomic E-state index is 0.174. The maximum atomic E-state index is 12.8. The molecule has 2 aromatic rings. The van der Waals surface area contributed by atoms with E-state index in [0.717, 1.165) is 25.8 Å². The molecule has 0 radical (unpaired) electrons. The normalized spacial score (nSPS) is 28.0. The van der Waals surface area contributed by atoms with Gasteiger partial charge in [-0.15, -0.1) is 0 Å². The number of thiophene rings is 1. The highest BCUT2D eigenvalue weighted by Crippen LogP contribution is 2.50. The van der Waals surface area contributed by atoms with E-state index in [0.29, 0.717) is 17.9 Å². The first-order chi connectivity index (χ1) is 10.2. The summed E-state index contributed by atoms with van der Waals surface area (Å²) in [5, 5.41) is 8.50. The molecular weight excluding hydrogens is 282 g/mol. The van der Waals surface area contributed by atoms with E-state index in [9.17, 15) is 4.79 Å². The number of amides is 1. The Kier molecular flexibility index (Phi) is 3.10. The van der Waals surface area contributed by atoms with Gasteiger partial charge in [0.25, 0.3) is 0 Å². The van der Waals surface area contributed by atoms with Crippen LogP contribution in [0.15, 0.2) is 29.2 Å². The summed E-state index contributed by atoms with van der Waals surface area (Å²) in [5.41, 5.74) is 2.52. The molecule has 1 saturated carbocycles. The summed E-state index contributed by atoms with van der Waals surface area (Å²) in [6, 6.07) is 2.46. The third-order valence-electron chi connectivity index (χ3n) is 4.72. The minimum atomic E-state index is 0.174. The number of rotatable bonds is 3. The monoisotopic (exact) mass is 301 g/mol. The first-order valence-electron chi connectivity index (χ1n) is 7.55. The third kappa shape index (κ3) is 2.29. The number of hydrogen-bond acceptors (Lipinski definition) is 3. The van der Waals surface area contributed by atoms with Gasteiger partial charge in [-0.25, -0.2) is 0 Å². The molecular formula is C16H19N3OS. The molecule has 2 fully saturated rings. The Labute approximate surface area is 128 Å². The van der Waals surface area contributed by atoms with Crippen molar-refractivity contribution in [2.45, 2.75) is 31.2 Å². The van der Waals surface area contributed by atoms with Gasteiger partial charge in [-0.1, -0.05) is 0 Å². The van der Waals surface area contributed by atoms with Crippen LogP contribution in [0.3, 0.4) is 0 Å². The van der Waals surface area contributed by atoms with Gasteiger partial charge in [0.05, 0.1) is 12.2 Å². The molecule has 3 atom stereocenters. The van der Waals surface area contributed by atoms with Gasteiger partial charge in [0.1, 0.15) is 0 Å². The van der Waals surface area contributed by atoms with Crippen molar-refractivity contribution >= 4 is 17.2 Å². The lowest BCUT2D eigenvalue weighted by Gasteiger charge is -2.24. The number of aromatic nitrogens is 2. The molecule has 5 heteroatoms. The fourth-order valence-corrected chi connectivity index (χ4v) is 4.23. The molecule has 0 unspecified atom stereocenters. The zero-order valence-electron chi connectivity index (χ0n) is 12.1. The third-order valence-corrected chi connectivity index (χ3v) is 5.43. The smallest absolute Gasteiger partial charge is 0.226 e. The van der Waals surface area contributed by atoms with Gasteiger partial charge in [0.15, 0.2) is 0 Å². The van der Waals surface area contributed by atoms with E-state index in [2.05, 4.69) is 26.8 Å². The van der Waals surface area contributed by atoms with Crippen LogP contribution >= 0.6 is 11.3 Å². The van der Waals surface area contributed by atoms with Gasteiger partial charge in [-0.05, 0) is 53.1 Å². The maximum absolute atomic E-state index is 12.8. The van der Waals surface area contributed by atoms with E-state index in [1.54, 1.807) is 11.3 Å². The maximum Gasteiger partial charge on any atom is 0.226 e. The average molecular weight is 301 g/mol. The van der Waals surface area contributed by atoms with E-state index in [1.165, 1.54) is 11.1 Å². The van der Waals surface area contributed by atoms with Crippen molar-refractivity contribution in [3.63, 3.8) is 0 Å². The number of nitrogens with zero attached hydrogens (tertiary/aromatic N) is 3. The molecule has 1 saturated heterocycles. The molecule has 110 valence electrons. The molecule has 2 aromatic heterocycles. The molecule has 0 bridgehead atoms. The largest absolute Gasteiger partial charge is 0.335 e. The Bertz CT molecular complexity index is 648. The second kappa shape index (κ2) is 4.98. The molecule has 0 aromatic carbocycles. The summed E-state index contributed by atoms with van der Waals surface area (Å²) in [4.78, 5) is 14.9. The lowest BCUT2D eigenvalue weighted by molar-refractivity contribution is -0.133. The van der Waals surface area contributed by atoms with Crippen LogP contribution in [0.5, 0.6) is 0 Å². The van der Waals surface area contributed by atoms with Crippen molar-refractivity contribution in [3.8, 4) is 0 Å². The van der Waals surface area contributed by atoms with Gasteiger partial charge in [-0.3, -0.25) is 9.48 Å². The van der Waals surface area contributed by atoms with Crippen molar-refractivity contribution in [2.75, 3.05) is 6.54 Å². The number of aryl methyl sites for hydroxylation is 1. The highest BCUT2D eigenvalue weighted by atomic mass is 32.1. The molecule has 0 N–H and O–H groups in total. The van der Waals surface area contributed by atoms with Crippen LogP contribution in [0.4, 0.5) is 0 Å². The first-order valence-corrected chi connectivity index (χ1v) is 8.49. The fourth-order valence-electron chi connectivity index (χ4n) is 3.52. The molecule has 21 heavy (non-hydrogen) atoms. The molecule has 2 aliphatic rings. The minimum Gasteiger partial charge on any atom is -0.335 e. The van der Waals surface area contributed by atoms with Crippen molar-refractivity contribution in [2.24, 2.45) is 13.0 Å². The highest BCUT2D eigenvalue weighted by molar-refractivity contribution is 7.07. The summed E-state index contributed by atoms with van der Waals surface area (Å²) < 4.78 is 1.82.